The van der Waals surface area contributed by atoms with Gasteiger partial charge < -0.3 is 15.0 Å². The third kappa shape index (κ3) is 3.70. The third-order valence-corrected chi connectivity index (χ3v) is 3.37. The molecular weight excluding hydrogens is 254 g/mol. The first kappa shape index (κ1) is 14.8. The third-order valence-electron chi connectivity index (χ3n) is 3.37. The first-order chi connectivity index (χ1) is 9.77. The van der Waals surface area contributed by atoms with E-state index in [1.807, 2.05) is 17.0 Å². The van der Waals surface area contributed by atoms with Gasteiger partial charge in [0.2, 0.25) is 0 Å². The molecule has 1 aromatic heterocycles. The molecule has 0 atom stereocenters. The molecule has 0 bridgehead atoms. The molecule has 1 saturated carbocycles. The number of rotatable bonds is 8. The highest BCUT2D eigenvalue weighted by Gasteiger charge is 2.33. The summed E-state index contributed by atoms with van der Waals surface area (Å²) >= 11 is 0. The molecule has 1 N–H and O–H groups in total. The van der Waals surface area contributed by atoms with Gasteiger partial charge in [-0.2, -0.15) is 0 Å². The Labute approximate surface area is 120 Å². The molecule has 0 aromatic carbocycles. The lowest BCUT2D eigenvalue weighted by Gasteiger charge is -2.23. The fourth-order valence-electron chi connectivity index (χ4n) is 2.14. The van der Waals surface area contributed by atoms with E-state index in [4.69, 9.17) is 4.74 Å². The quantitative estimate of drug-likeness (QED) is 0.791. The zero-order valence-corrected chi connectivity index (χ0v) is 12.3. The summed E-state index contributed by atoms with van der Waals surface area (Å²) < 4.78 is 5.11. The molecule has 0 unspecified atom stereocenters. The van der Waals surface area contributed by atoms with Crippen molar-refractivity contribution >= 4 is 11.7 Å². The molecule has 1 heterocycles. The highest BCUT2D eigenvalue weighted by molar-refractivity contribution is 5.99. The van der Waals surface area contributed by atoms with Crippen molar-refractivity contribution in [2.45, 2.75) is 32.2 Å². The monoisotopic (exact) mass is 277 g/mol. The number of nitrogens with one attached hydrogen (secondary N) is 1. The highest BCUT2D eigenvalue weighted by atomic mass is 16.5. The van der Waals surface area contributed by atoms with Gasteiger partial charge in [-0.1, -0.05) is 6.92 Å². The van der Waals surface area contributed by atoms with Gasteiger partial charge in [-0.05, 0) is 31.4 Å². The summed E-state index contributed by atoms with van der Waals surface area (Å²) in [6.45, 7) is 4.12. The Kier molecular flexibility index (Phi) is 5.35. The number of aromatic nitrogens is 1. The summed E-state index contributed by atoms with van der Waals surface area (Å²) in [6, 6.07) is 4.03. The standard InChI is InChI=1S/C15H23N3O2/c1-3-8-16-14-13(5-4-9-17-14)15(19)18(10-11-20-2)12-6-7-12/h4-5,9,12H,3,6-8,10-11H2,1-2H3,(H,16,17). The van der Waals surface area contributed by atoms with Crippen molar-refractivity contribution in [2.24, 2.45) is 0 Å². The van der Waals surface area contributed by atoms with Gasteiger partial charge in [-0.25, -0.2) is 4.98 Å². The second-order valence-electron chi connectivity index (χ2n) is 5.05. The molecular formula is C15H23N3O2. The van der Waals surface area contributed by atoms with Crippen LogP contribution in [0, 0.1) is 0 Å². The van der Waals surface area contributed by atoms with Crippen LogP contribution in [0.25, 0.3) is 0 Å². The average Bonchev–Trinajstić information content (AvgIpc) is 3.30. The molecule has 1 aliphatic rings. The Morgan fingerprint density at radius 1 is 1.55 bits per heavy atom. The number of methoxy groups -OCH3 is 1. The van der Waals surface area contributed by atoms with Crippen molar-refractivity contribution in [1.82, 2.24) is 9.88 Å². The second kappa shape index (κ2) is 7.24. The Bertz CT molecular complexity index is 446. The van der Waals surface area contributed by atoms with Crippen molar-refractivity contribution in [3.8, 4) is 0 Å². The molecule has 1 amide bonds. The van der Waals surface area contributed by atoms with Gasteiger partial charge >= 0.3 is 0 Å². The van der Waals surface area contributed by atoms with Crippen LogP contribution in [0.2, 0.25) is 0 Å². The number of carbonyl (C=O) groups excluding carboxylic acids is 1. The molecule has 0 spiro atoms. The summed E-state index contributed by atoms with van der Waals surface area (Å²) in [5.74, 6) is 0.735. The van der Waals surface area contributed by atoms with Crippen molar-refractivity contribution in [3.63, 3.8) is 0 Å². The van der Waals surface area contributed by atoms with Crippen molar-refractivity contribution in [3.05, 3.63) is 23.9 Å². The van der Waals surface area contributed by atoms with Crippen LogP contribution < -0.4 is 5.32 Å². The van der Waals surface area contributed by atoms with Crippen LogP contribution in [0.5, 0.6) is 0 Å². The van der Waals surface area contributed by atoms with E-state index < -0.39 is 0 Å². The minimum absolute atomic E-state index is 0.0521. The number of ether oxygens (including phenoxy) is 1. The maximum absolute atomic E-state index is 12.7. The van der Waals surface area contributed by atoms with Gasteiger partial charge in [0.1, 0.15) is 5.82 Å². The molecule has 1 fully saturated rings. The summed E-state index contributed by atoms with van der Waals surface area (Å²) in [5.41, 5.74) is 0.656. The predicted molar refractivity (Wildman–Crippen MR) is 79.0 cm³/mol. The summed E-state index contributed by atoms with van der Waals surface area (Å²) in [5, 5.41) is 3.22. The smallest absolute Gasteiger partial charge is 0.257 e. The topological polar surface area (TPSA) is 54.5 Å². The Balaban J connectivity index is 2.13. The van der Waals surface area contributed by atoms with Crippen LogP contribution in [0.15, 0.2) is 18.3 Å². The summed E-state index contributed by atoms with van der Waals surface area (Å²) in [6.07, 6.45) is 4.90. The van der Waals surface area contributed by atoms with Crippen LogP contribution in [-0.4, -0.2) is 48.6 Å². The number of anilines is 1. The van der Waals surface area contributed by atoms with E-state index in [9.17, 15) is 4.79 Å². The first-order valence-corrected chi connectivity index (χ1v) is 7.26. The Morgan fingerprint density at radius 2 is 2.35 bits per heavy atom. The molecule has 110 valence electrons. The van der Waals surface area contributed by atoms with Crippen LogP contribution in [0.4, 0.5) is 5.82 Å². The van der Waals surface area contributed by atoms with Gasteiger partial charge in [0.05, 0.1) is 12.2 Å². The van der Waals surface area contributed by atoms with E-state index >= 15 is 0 Å². The lowest BCUT2D eigenvalue weighted by Crippen LogP contribution is -2.36. The van der Waals surface area contributed by atoms with Gasteiger partial charge in [-0.3, -0.25) is 4.79 Å². The maximum atomic E-state index is 12.7. The van der Waals surface area contributed by atoms with E-state index in [0.717, 1.165) is 25.8 Å². The highest BCUT2D eigenvalue weighted by Crippen LogP contribution is 2.29. The molecule has 2 rings (SSSR count). The van der Waals surface area contributed by atoms with Crippen molar-refractivity contribution < 1.29 is 9.53 Å². The normalized spacial score (nSPS) is 14.1. The second-order valence-corrected chi connectivity index (χ2v) is 5.05. The van der Waals surface area contributed by atoms with Gasteiger partial charge in [-0.15, -0.1) is 0 Å². The van der Waals surface area contributed by atoms with Gasteiger partial charge in [0.15, 0.2) is 0 Å². The zero-order chi connectivity index (χ0) is 14.4. The molecule has 0 aliphatic heterocycles. The number of hydrogen-bond donors (Lipinski definition) is 1. The van der Waals surface area contributed by atoms with Crippen LogP contribution in [0.1, 0.15) is 36.5 Å². The molecule has 20 heavy (non-hydrogen) atoms. The van der Waals surface area contributed by atoms with Crippen molar-refractivity contribution in [1.29, 1.82) is 0 Å². The number of hydrogen-bond acceptors (Lipinski definition) is 4. The summed E-state index contributed by atoms with van der Waals surface area (Å²) in [7, 11) is 1.66. The van der Waals surface area contributed by atoms with Crippen molar-refractivity contribution in [2.75, 3.05) is 32.1 Å². The minimum atomic E-state index is 0.0521. The van der Waals surface area contributed by atoms with Gasteiger partial charge in [0, 0.05) is 32.4 Å². The average molecular weight is 277 g/mol. The summed E-state index contributed by atoms with van der Waals surface area (Å²) in [4.78, 5) is 18.9. The van der Waals surface area contributed by atoms with Gasteiger partial charge in [0.25, 0.3) is 5.91 Å². The molecule has 5 heteroatoms. The number of amides is 1. The molecule has 1 aliphatic carbocycles. The number of pyridine rings is 1. The lowest BCUT2D eigenvalue weighted by molar-refractivity contribution is 0.0681. The molecule has 5 nitrogen and oxygen atoms in total. The minimum Gasteiger partial charge on any atom is -0.383 e. The SMILES string of the molecule is CCCNc1ncccc1C(=O)N(CCOC)C1CC1. The molecule has 0 saturated heterocycles. The fraction of sp³-hybridized carbons (Fsp3) is 0.600. The largest absolute Gasteiger partial charge is 0.383 e. The fourth-order valence-corrected chi connectivity index (χ4v) is 2.14. The predicted octanol–water partition coefficient (Wildman–Crippen LogP) is 2.15. The van der Waals surface area contributed by atoms with Crippen LogP contribution >= 0.6 is 0 Å². The van der Waals surface area contributed by atoms with E-state index in [2.05, 4.69) is 17.2 Å². The maximum Gasteiger partial charge on any atom is 0.257 e. The van der Waals surface area contributed by atoms with Crippen LogP contribution in [0.3, 0.4) is 0 Å². The van der Waals surface area contributed by atoms with E-state index in [1.54, 1.807) is 13.3 Å². The number of carbonyl (C=O) groups is 1. The lowest BCUT2D eigenvalue weighted by atomic mass is 10.2. The van der Waals surface area contributed by atoms with E-state index in [1.165, 1.54) is 0 Å². The zero-order valence-electron chi connectivity index (χ0n) is 12.3. The van der Waals surface area contributed by atoms with Crippen LogP contribution in [-0.2, 0) is 4.74 Å². The number of nitrogens with zero attached hydrogens (tertiary/aromatic N) is 2. The Hall–Kier alpha value is -1.62. The molecule has 0 radical (unpaired) electrons. The molecule has 1 aromatic rings. The van der Waals surface area contributed by atoms with E-state index in [0.29, 0.717) is 30.6 Å². The Morgan fingerprint density at radius 3 is 3.00 bits per heavy atom. The van der Waals surface area contributed by atoms with E-state index in [-0.39, 0.29) is 5.91 Å². The first-order valence-electron chi connectivity index (χ1n) is 7.26.